The van der Waals surface area contributed by atoms with Crippen LogP contribution in [0.3, 0.4) is 0 Å². The summed E-state index contributed by atoms with van der Waals surface area (Å²) in [5.74, 6) is -0.736. The normalized spacial score (nSPS) is 18.0. The van der Waals surface area contributed by atoms with Gasteiger partial charge in [0.1, 0.15) is 0 Å². The zero-order valence-electron chi connectivity index (χ0n) is 6.68. The Balaban J connectivity index is 3.03. The lowest BCUT2D eigenvalue weighted by molar-refractivity contribution is -0.131. The van der Waals surface area contributed by atoms with Gasteiger partial charge < -0.3 is 0 Å². The predicted molar refractivity (Wildman–Crippen MR) is 42.1 cm³/mol. The maximum atomic E-state index is 11.0. The molecule has 58 valence electrons. The Morgan fingerprint density at radius 1 is 1.27 bits per heavy atom. The lowest BCUT2D eigenvalue weighted by Gasteiger charge is -2.06. The third-order valence-corrected chi connectivity index (χ3v) is 1.66. The first-order valence-electron chi connectivity index (χ1n) is 3.62. The van der Waals surface area contributed by atoms with Crippen molar-refractivity contribution in [3.8, 4) is 0 Å². The van der Waals surface area contributed by atoms with Crippen LogP contribution < -0.4 is 0 Å². The second kappa shape index (κ2) is 2.82. The van der Waals surface area contributed by atoms with Crippen LogP contribution in [0.2, 0.25) is 0 Å². The van der Waals surface area contributed by atoms with Gasteiger partial charge >= 0.3 is 0 Å². The molecular formula is C9H10O2. The van der Waals surface area contributed by atoms with Crippen LogP contribution in [0.4, 0.5) is 0 Å². The van der Waals surface area contributed by atoms with Crippen molar-refractivity contribution >= 4 is 11.6 Å². The molecule has 2 nitrogen and oxygen atoms in total. The molecule has 0 aromatic heterocycles. The lowest BCUT2D eigenvalue weighted by atomic mass is 9.96. The minimum Gasteiger partial charge on any atom is -0.286 e. The van der Waals surface area contributed by atoms with E-state index in [0.717, 1.165) is 5.57 Å². The molecule has 0 spiro atoms. The van der Waals surface area contributed by atoms with Crippen molar-refractivity contribution in [1.29, 1.82) is 0 Å². The van der Waals surface area contributed by atoms with Gasteiger partial charge in [0.25, 0.3) is 0 Å². The summed E-state index contributed by atoms with van der Waals surface area (Å²) in [5.41, 5.74) is 1.49. The fourth-order valence-electron chi connectivity index (χ4n) is 1.08. The molecule has 11 heavy (non-hydrogen) atoms. The minimum atomic E-state index is -0.387. The topological polar surface area (TPSA) is 34.1 Å². The van der Waals surface area contributed by atoms with Crippen LogP contribution in [0.1, 0.15) is 20.3 Å². The SMILES string of the molecule is CCC1=CC(C)=CC(=O)C1=O. The quantitative estimate of drug-likeness (QED) is 0.418. The van der Waals surface area contributed by atoms with E-state index in [1.807, 2.05) is 13.8 Å². The highest BCUT2D eigenvalue weighted by Gasteiger charge is 2.18. The third-order valence-electron chi connectivity index (χ3n) is 1.66. The van der Waals surface area contributed by atoms with Gasteiger partial charge in [-0.25, -0.2) is 0 Å². The van der Waals surface area contributed by atoms with E-state index in [-0.39, 0.29) is 11.6 Å². The molecule has 0 saturated heterocycles. The number of hydrogen-bond acceptors (Lipinski definition) is 2. The Kier molecular flexibility index (Phi) is 2.03. The van der Waals surface area contributed by atoms with Crippen LogP contribution in [0, 0.1) is 0 Å². The van der Waals surface area contributed by atoms with E-state index >= 15 is 0 Å². The highest BCUT2D eigenvalue weighted by atomic mass is 16.2. The summed E-state index contributed by atoms with van der Waals surface area (Å²) in [4.78, 5) is 21.9. The van der Waals surface area contributed by atoms with Crippen molar-refractivity contribution in [1.82, 2.24) is 0 Å². The summed E-state index contributed by atoms with van der Waals surface area (Å²) in [7, 11) is 0. The zero-order valence-corrected chi connectivity index (χ0v) is 6.68. The van der Waals surface area contributed by atoms with Gasteiger partial charge in [-0.1, -0.05) is 13.0 Å². The molecule has 0 heterocycles. The molecule has 0 fully saturated rings. The van der Waals surface area contributed by atoms with E-state index in [4.69, 9.17) is 0 Å². The highest BCUT2D eigenvalue weighted by molar-refractivity contribution is 6.48. The van der Waals surface area contributed by atoms with E-state index in [1.54, 1.807) is 6.08 Å². The van der Waals surface area contributed by atoms with Crippen LogP contribution in [0.5, 0.6) is 0 Å². The first-order valence-corrected chi connectivity index (χ1v) is 3.62. The van der Waals surface area contributed by atoms with Crippen molar-refractivity contribution in [2.45, 2.75) is 20.3 Å². The van der Waals surface area contributed by atoms with Gasteiger partial charge in [-0.3, -0.25) is 9.59 Å². The average molecular weight is 150 g/mol. The Labute approximate surface area is 65.6 Å². The first kappa shape index (κ1) is 7.92. The molecule has 1 aliphatic carbocycles. The Hall–Kier alpha value is -1.18. The lowest BCUT2D eigenvalue weighted by Crippen LogP contribution is -2.17. The van der Waals surface area contributed by atoms with E-state index in [9.17, 15) is 9.59 Å². The summed E-state index contributed by atoms with van der Waals surface area (Å²) < 4.78 is 0. The molecule has 0 saturated carbocycles. The molecule has 0 aromatic rings. The molecule has 0 atom stereocenters. The van der Waals surface area contributed by atoms with Crippen molar-refractivity contribution in [3.05, 3.63) is 23.3 Å². The highest BCUT2D eigenvalue weighted by Crippen LogP contribution is 2.13. The second-order valence-electron chi connectivity index (χ2n) is 2.60. The number of allylic oxidation sites excluding steroid dienone is 4. The smallest absolute Gasteiger partial charge is 0.228 e. The fourth-order valence-corrected chi connectivity index (χ4v) is 1.08. The third kappa shape index (κ3) is 1.45. The van der Waals surface area contributed by atoms with Crippen molar-refractivity contribution in [2.75, 3.05) is 0 Å². The Morgan fingerprint density at radius 2 is 1.91 bits per heavy atom. The van der Waals surface area contributed by atoms with Crippen LogP contribution in [0.25, 0.3) is 0 Å². The van der Waals surface area contributed by atoms with Gasteiger partial charge in [-0.05, 0) is 25.0 Å². The average Bonchev–Trinajstić information content (AvgIpc) is 1.96. The molecule has 0 N–H and O–H groups in total. The fraction of sp³-hybridized carbons (Fsp3) is 0.333. The molecule has 0 unspecified atom stereocenters. The van der Waals surface area contributed by atoms with Gasteiger partial charge in [0.2, 0.25) is 11.6 Å². The van der Waals surface area contributed by atoms with Gasteiger partial charge in [0.15, 0.2) is 0 Å². The first-order chi connectivity index (χ1) is 5.15. The van der Waals surface area contributed by atoms with Gasteiger partial charge in [-0.2, -0.15) is 0 Å². The second-order valence-corrected chi connectivity index (χ2v) is 2.60. The summed E-state index contributed by atoms with van der Waals surface area (Å²) in [6, 6.07) is 0. The van der Waals surface area contributed by atoms with Crippen LogP contribution in [0.15, 0.2) is 23.3 Å². The molecule has 0 aliphatic heterocycles. The van der Waals surface area contributed by atoms with E-state index < -0.39 is 0 Å². The van der Waals surface area contributed by atoms with E-state index in [1.165, 1.54) is 6.08 Å². The van der Waals surface area contributed by atoms with Gasteiger partial charge in [0.05, 0.1) is 0 Å². The largest absolute Gasteiger partial charge is 0.286 e. The maximum absolute atomic E-state index is 11.0. The predicted octanol–water partition coefficient (Wildman–Crippen LogP) is 1.42. The van der Waals surface area contributed by atoms with E-state index in [0.29, 0.717) is 12.0 Å². The number of rotatable bonds is 1. The zero-order chi connectivity index (χ0) is 8.43. The summed E-state index contributed by atoms with van der Waals surface area (Å²) in [5, 5.41) is 0. The van der Waals surface area contributed by atoms with Crippen molar-refractivity contribution in [2.24, 2.45) is 0 Å². The van der Waals surface area contributed by atoms with E-state index in [2.05, 4.69) is 0 Å². The van der Waals surface area contributed by atoms with Crippen molar-refractivity contribution < 1.29 is 9.59 Å². The Morgan fingerprint density at radius 3 is 2.45 bits per heavy atom. The molecule has 0 amide bonds. The maximum Gasteiger partial charge on any atom is 0.228 e. The summed E-state index contributed by atoms with van der Waals surface area (Å²) in [6.45, 7) is 3.69. The monoisotopic (exact) mass is 150 g/mol. The molecule has 0 aromatic carbocycles. The Bertz CT molecular complexity index is 269. The molecule has 0 radical (unpaired) electrons. The summed E-state index contributed by atoms with van der Waals surface area (Å²) in [6.07, 6.45) is 3.78. The molecular weight excluding hydrogens is 140 g/mol. The molecule has 1 rings (SSSR count). The van der Waals surface area contributed by atoms with Gasteiger partial charge in [-0.15, -0.1) is 0 Å². The van der Waals surface area contributed by atoms with Gasteiger partial charge in [0, 0.05) is 5.57 Å². The molecule has 1 aliphatic rings. The number of carbonyl (C=O) groups excluding carboxylic acids is 2. The molecule has 2 heteroatoms. The minimum absolute atomic E-state index is 0.349. The number of Topliss-reactive ketones (excluding diaryl/α,β-unsaturated/α-hetero) is 1. The van der Waals surface area contributed by atoms with Crippen LogP contribution >= 0.6 is 0 Å². The molecule has 0 bridgehead atoms. The number of hydrogen-bond donors (Lipinski definition) is 0. The summed E-state index contributed by atoms with van der Waals surface area (Å²) >= 11 is 0. The number of carbonyl (C=O) groups is 2. The van der Waals surface area contributed by atoms with Crippen molar-refractivity contribution in [3.63, 3.8) is 0 Å². The number of ketones is 2. The van der Waals surface area contributed by atoms with Crippen LogP contribution in [-0.4, -0.2) is 11.6 Å². The van der Waals surface area contributed by atoms with Crippen LogP contribution in [-0.2, 0) is 9.59 Å². The standard InChI is InChI=1S/C9H10O2/c1-3-7-4-6(2)5-8(10)9(7)11/h4-5H,3H2,1-2H3.